The van der Waals surface area contributed by atoms with Gasteiger partial charge in [0.25, 0.3) is 5.91 Å². The molecule has 1 N–H and O–H groups in total. The summed E-state index contributed by atoms with van der Waals surface area (Å²) >= 11 is 0. The molecule has 5 rings (SSSR count). The van der Waals surface area contributed by atoms with E-state index < -0.39 is 11.2 Å². The molecule has 166 valence electrons. The zero-order chi connectivity index (χ0) is 22.4. The zero-order valence-corrected chi connectivity index (χ0v) is 18.2. The number of carbonyl (C=O) groups is 1. The normalized spacial score (nSPS) is 24.3. The molecule has 0 spiro atoms. The minimum Gasteiger partial charge on any atom is -0.502 e. The van der Waals surface area contributed by atoms with Gasteiger partial charge in [0, 0.05) is 36.2 Å². The van der Waals surface area contributed by atoms with Gasteiger partial charge in [-0.2, -0.15) is 0 Å². The van der Waals surface area contributed by atoms with Gasteiger partial charge in [-0.25, -0.2) is 0 Å². The van der Waals surface area contributed by atoms with Crippen LogP contribution in [0.1, 0.15) is 48.8 Å². The van der Waals surface area contributed by atoms with Gasteiger partial charge in [-0.05, 0) is 26.3 Å². The Morgan fingerprint density at radius 1 is 1.12 bits per heavy atom. The van der Waals surface area contributed by atoms with Gasteiger partial charge in [-0.15, -0.1) is 0 Å². The summed E-state index contributed by atoms with van der Waals surface area (Å²) in [6, 6.07) is 9.01. The number of carbonyl (C=O) groups excluding carboxylic acids is 1. The molecule has 0 saturated heterocycles. The first-order valence-corrected chi connectivity index (χ1v) is 11.1. The fraction of sp³-hybridized carbons (Fsp3) is 0.360. The van der Waals surface area contributed by atoms with E-state index in [2.05, 4.69) is 23.2 Å². The number of hydrogen-bond donors (Lipinski definition) is 1. The van der Waals surface area contributed by atoms with E-state index >= 15 is 0 Å². The SMILES string of the molecule is CC(C)N1C(=O)c2c(O)c(=O)ccn2N2[C@H](C3C=CC=CC3)c3ccccc3OCC[C@@H]12. The highest BCUT2D eigenvalue weighted by atomic mass is 16.5. The molecular weight excluding hydrogens is 406 g/mol. The third kappa shape index (κ3) is 3.11. The van der Waals surface area contributed by atoms with Crippen molar-refractivity contribution >= 4 is 5.91 Å². The van der Waals surface area contributed by atoms with Crippen LogP contribution in [0.2, 0.25) is 0 Å². The summed E-state index contributed by atoms with van der Waals surface area (Å²) in [5.74, 6) is 0.0786. The first-order chi connectivity index (χ1) is 15.5. The summed E-state index contributed by atoms with van der Waals surface area (Å²) < 4.78 is 7.87. The molecule has 2 aliphatic heterocycles. The second kappa shape index (κ2) is 7.89. The van der Waals surface area contributed by atoms with Crippen LogP contribution in [0.5, 0.6) is 11.5 Å². The topological polar surface area (TPSA) is 75.0 Å². The van der Waals surface area contributed by atoms with Crippen molar-refractivity contribution < 1.29 is 14.6 Å². The molecule has 0 saturated carbocycles. The lowest BCUT2D eigenvalue weighted by atomic mass is 9.86. The summed E-state index contributed by atoms with van der Waals surface area (Å²) in [6.45, 7) is 4.36. The van der Waals surface area contributed by atoms with Gasteiger partial charge >= 0.3 is 0 Å². The third-order valence-electron chi connectivity index (χ3n) is 6.50. The Labute approximate surface area is 186 Å². The molecule has 0 fully saturated rings. The molecule has 7 nitrogen and oxygen atoms in total. The molecule has 3 atom stereocenters. The minimum atomic E-state index is -0.556. The molecule has 3 heterocycles. The quantitative estimate of drug-likeness (QED) is 0.786. The predicted octanol–water partition coefficient (Wildman–Crippen LogP) is 3.34. The number of fused-ring (bicyclic) bond motifs is 4. The molecule has 2 aromatic rings. The van der Waals surface area contributed by atoms with Crippen molar-refractivity contribution in [3.63, 3.8) is 0 Å². The van der Waals surface area contributed by atoms with Crippen LogP contribution in [0.15, 0.2) is 65.6 Å². The van der Waals surface area contributed by atoms with Crippen LogP contribution in [0.3, 0.4) is 0 Å². The highest BCUT2D eigenvalue weighted by Gasteiger charge is 2.46. The molecule has 3 aliphatic rings. The molecule has 1 unspecified atom stereocenters. The Morgan fingerprint density at radius 3 is 2.69 bits per heavy atom. The number of aromatic hydroxyl groups is 1. The van der Waals surface area contributed by atoms with E-state index in [1.165, 1.54) is 6.07 Å². The fourth-order valence-electron chi connectivity index (χ4n) is 5.14. The second-order valence-corrected chi connectivity index (χ2v) is 8.72. The predicted molar refractivity (Wildman–Crippen MR) is 121 cm³/mol. The number of amides is 1. The smallest absolute Gasteiger partial charge is 0.278 e. The minimum absolute atomic E-state index is 0.0155. The van der Waals surface area contributed by atoms with Crippen LogP contribution in [-0.2, 0) is 0 Å². The lowest BCUT2D eigenvalue weighted by Crippen LogP contribution is -2.65. The van der Waals surface area contributed by atoms with Crippen molar-refractivity contribution in [2.24, 2.45) is 5.92 Å². The summed E-state index contributed by atoms with van der Waals surface area (Å²) in [4.78, 5) is 27.6. The maximum atomic E-state index is 13.5. The van der Waals surface area contributed by atoms with E-state index in [1.54, 1.807) is 15.8 Å². The van der Waals surface area contributed by atoms with E-state index in [-0.39, 0.29) is 35.8 Å². The van der Waals surface area contributed by atoms with Gasteiger partial charge < -0.3 is 14.7 Å². The number of benzene rings is 1. The van der Waals surface area contributed by atoms with Crippen LogP contribution < -0.4 is 15.2 Å². The number of ether oxygens (including phenoxy) is 1. The molecule has 0 bridgehead atoms. The molecule has 7 heteroatoms. The molecule has 32 heavy (non-hydrogen) atoms. The van der Waals surface area contributed by atoms with E-state index in [9.17, 15) is 14.7 Å². The van der Waals surface area contributed by atoms with E-state index in [4.69, 9.17) is 4.74 Å². The van der Waals surface area contributed by atoms with Gasteiger partial charge in [0.1, 0.15) is 11.9 Å². The average molecular weight is 434 g/mol. The average Bonchev–Trinajstić information content (AvgIpc) is 2.78. The highest BCUT2D eigenvalue weighted by molar-refractivity contribution is 5.96. The number of hydrogen-bond acceptors (Lipinski definition) is 5. The zero-order valence-electron chi connectivity index (χ0n) is 18.2. The van der Waals surface area contributed by atoms with Gasteiger partial charge in [0.15, 0.2) is 11.4 Å². The first-order valence-electron chi connectivity index (χ1n) is 11.1. The number of aromatic nitrogens is 1. The molecule has 1 aromatic heterocycles. The molecule has 0 radical (unpaired) electrons. The Balaban J connectivity index is 1.80. The summed E-state index contributed by atoms with van der Waals surface area (Å²) in [5, 5.41) is 12.8. The van der Waals surface area contributed by atoms with Gasteiger partial charge in [0.05, 0.1) is 12.6 Å². The lowest BCUT2D eigenvalue weighted by Gasteiger charge is -2.53. The standard InChI is InChI=1S/C25H27N3O4/c1-16(2)27-21-13-15-32-20-11-7-6-10-18(20)22(17-8-4-3-5-9-17)28(21)26-14-12-19(29)24(30)23(26)25(27)31/h3-8,10-12,14,16-17,21-22,30H,9,13,15H2,1-2H3/t17?,21-,22+/m0/s1. The van der Waals surface area contributed by atoms with Crippen LogP contribution in [0, 0.1) is 5.92 Å². The number of para-hydroxylation sites is 1. The van der Waals surface area contributed by atoms with Crippen LogP contribution in [0.25, 0.3) is 0 Å². The van der Waals surface area contributed by atoms with Crippen molar-refractivity contribution in [1.82, 2.24) is 9.58 Å². The van der Waals surface area contributed by atoms with Crippen molar-refractivity contribution in [1.29, 1.82) is 0 Å². The maximum Gasteiger partial charge on any atom is 0.278 e. The number of nitrogens with zero attached hydrogens (tertiary/aromatic N) is 3. The van der Waals surface area contributed by atoms with E-state index in [0.717, 1.165) is 17.7 Å². The summed E-state index contributed by atoms with van der Waals surface area (Å²) in [5.41, 5.74) is 0.477. The molecule has 1 amide bonds. The van der Waals surface area contributed by atoms with Crippen molar-refractivity contribution in [2.45, 2.75) is 44.9 Å². The molecule has 1 aromatic carbocycles. The lowest BCUT2D eigenvalue weighted by molar-refractivity contribution is 0.0376. The second-order valence-electron chi connectivity index (χ2n) is 8.72. The number of rotatable bonds is 2. The van der Waals surface area contributed by atoms with E-state index in [0.29, 0.717) is 13.0 Å². The molecular formula is C25H27N3O4. The van der Waals surface area contributed by atoms with Crippen LogP contribution >= 0.6 is 0 Å². The maximum absolute atomic E-state index is 13.5. The Hall–Kier alpha value is -3.48. The van der Waals surface area contributed by atoms with Crippen LogP contribution in [0.4, 0.5) is 0 Å². The van der Waals surface area contributed by atoms with Crippen molar-refractivity contribution in [2.75, 3.05) is 11.6 Å². The number of pyridine rings is 1. The fourth-order valence-corrected chi connectivity index (χ4v) is 5.14. The highest BCUT2D eigenvalue weighted by Crippen LogP contribution is 2.43. The number of allylic oxidation sites excluding steroid dienone is 3. The van der Waals surface area contributed by atoms with Gasteiger partial charge in [-0.1, -0.05) is 42.5 Å². The summed E-state index contributed by atoms with van der Waals surface area (Å²) in [6.07, 6.45) is 11.1. The van der Waals surface area contributed by atoms with Crippen molar-refractivity contribution in [3.05, 3.63) is 82.3 Å². The molecule has 1 aliphatic carbocycles. The largest absolute Gasteiger partial charge is 0.502 e. The van der Waals surface area contributed by atoms with Crippen LogP contribution in [-0.4, -0.2) is 39.4 Å². The summed E-state index contributed by atoms with van der Waals surface area (Å²) in [7, 11) is 0. The Bertz CT molecular complexity index is 1170. The van der Waals surface area contributed by atoms with E-state index in [1.807, 2.05) is 44.2 Å². The Kier molecular flexibility index (Phi) is 5.04. The van der Waals surface area contributed by atoms with Gasteiger partial charge in [-0.3, -0.25) is 19.3 Å². The third-order valence-corrected chi connectivity index (χ3v) is 6.50. The Morgan fingerprint density at radius 2 is 1.94 bits per heavy atom. The first kappa shape index (κ1) is 20.4. The monoisotopic (exact) mass is 433 g/mol. The van der Waals surface area contributed by atoms with Gasteiger partial charge in [0.2, 0.25) is 5.43 Å². The van der Waals surface area contributed by atoms with Crippen molar-refractivity contribution in [3.8, 4) is 11.5 Å².